The van der Waals surface area contributed by atoms with E-state index in [2.05, 4.69) is 18.0 Å². The number of amidine groups is 1. The normalized spacial score (nSPS) is 19.8. The molecular weight excluding hydrogens is 204 g/mol. The summed E-state index contributed by atoms with van der Waals surface area (Å²) in [4.78, 5) is 5.52. The number of nitrogens with zero attached hydrogens (tertiary/aromatic N) is 1. The maximum Gasteiger partial charge on any atom is 0.113 e. The number of thioether (sulfide) groups is 1. The van der Waals surface area contributed by atoms with E-state index in [1.165, 1.54) is 4.90 Å². The summed E-state index contributed by atoms with van der Waals surface area (Å²) in [6, 6.07) is 8.06. The van der Waals surface area contributed by atoms with Crippen molar-refractivity contribution in [3.8, 4) is 0 Å². The van der Waals surface area contributed by atoms with Gasteiger partial charge in [-0.2, -0.15) is 0 Å². The number of hydrogen-bond acceptors (Lipinski definition) is 3. The van der Waals surface area contributed by atoms with Crippen molar-refractivity contribution in [2.24, 2.45) is 10.7 Å². The molecule has 13 heavy (non-hydrogen) atoms. The summed E-state index contributed by atoms with van der Waals surface area (Å²) >= 11 is 1.76. The number of benzene rings is 1. The molecule has 1 aliphatic heterocycles. The second kappa shape index (κ2) is 4.03. The van der Waals surface area contributed by atoms with Crippen LogP contribution in [-0.4, -0.2) is 11.1 Å². The standard InChI is InChI=1S/C9H10N2S.ClH/c1-6-9(10)11-7-4-2-3-5-8(7)12-6;/h2-6H,1H3,(H2,10,11);1H. The van der Waals surface area contributed by atoms with Crippen LogP contribution in [0.1, 0.15) is 6.92 Å². The minimum Gasteiger partial charge on any atom is -0.386 e. The third-order valence-electron chi connectivity index (χ3n) is 1.84. The first-order valence-electron chi connectivity index (χ1n) is 3.87. The zero-order valence-electron chi connectivity index (χ0n) is 7.23. The lowest BCUT2D eigenvalue weighted by Gasteiger charge is -2.17. The van der Waals surface area contributed by atoms with Gasteiger partial charge in [0.25, 0.3) is 0 Å². The van der Waals surface area contributed by atoms with E-state index in [1.807, 2.05) is 18.2 Å². The van der Waals surface area contributed by atoms with E-state index in [4.69, 9.17) is 5.73 Å². The van der Waals surface area contributed by atoms with E-state index in [9.17, 15) is 0 Å². The van der Waals surface area contributed by atoms with Gasteiger partial charge in [0.1, 0.15) is 5.84 Å². The van der Waals surface area contributed by atoms with Crippen molar-refractivity contribution >= 4 is 35.7 Å². The summed E-state index contributed by atoms with van der Waals surface area (Å²) in [5.41, 5.74) is 6.72. The van der Waals surface area contributed by atoms with Crippen molar-refractivity contribution in [3.05, 3.63) is 24.3 Å². The lowest BCUT2D eigenvalue weighted by Crippen LogP contribution is -2.24. The van der Waals surface area contributed by atoms with Crippen molar-refractivity contribution in [2.75, 3.05) is 0 Å². The third-order valence-corrected chi connectivity index (χ3v) is 3.03. The molecule has 2 rings (SSSR count). The van der Waals surface area contributed by atoms with Gasteiger partial charge in [-0.05, 0) is 19.1 Å². The van der Waals surface area contributed by atoms with Gasteiger partial charge in [0.05, 0.1) is 10.9 Å². The van der Waals surface area contributed by atoms with Crippen molar-refractivity contribution in [3.63, 3.8) is 0 Å². The molecule has 1 aliphatic rings. The van der Waals surface area contributed by atoms with Crippen LogP contribution in [0, 0.1) is 0 Å². The van der Waals surface area contributed by atoms with Gasteiger partial charge in [-0.15, -0.1) is 24.2 Å². The summed E-state index contributed by atoms with van der Waals surface area (Å²) in [6.45, 7) is 2.07. The van der Waals surface area contributed by atoms with E-state index in [-0.39, 0.29) is 12.4 Å². The Kier molecular flexibility index (Phi) is 3.22. The minimum atomic E-state index is 0. The molecular formula is C9H11ClN2S. The Labute approximate surface area is 88.0 Å². The van der Waals surface area contributed by atoms with Crippen LogP contribution in [0.5, 0.6) is 0 Å². The molecule has 70 valence electrons. The second-order valence-corrected chi connectivity index (χ2v) is 4.15. The molecule has 0 saturated carbocycles. The molecule has 1 unspecified atom stereocenters. The van der Waals surface area contributed by atoms with Gasteiger partial charge in [0.2, 0.25) is 0 Å². The summed E-state index contributed by atoms with van der Waals surface area (Å²) < 4.78 is 0. The molecule has 0 amide bonds. The van der Waals surface area contributed by atoms with Crippen molar-refractivity contribution < 1.29 is 0 Å². The van der Waals surface area contributed by atoms with Crippen LogP contribution in [0.4, 0.5) is 5.69 Å². The first kappa shape index (κ1) is 10.4. The molecule has 1 heterocycles. The number of fused-ring (bicyclic) bond motifs is 1. The molecule has 1 aromatic carbocycles. The Hall–Kier alpha value is -0.670. The van der Waals surface area contributed by atoms with Crippen molar-refractivity contribution in [1.29, 1.82) is 0 Å². The molecule has 1 aromatic rings. The Morgan fingerprint density at radius 3 is 2.85 bits per heavy atom. The first-order chi connectivity index (χ1) is 5.77. The molecule has 2 N–H and O–H groups in total. The highest BCUT2D eigenvalue weighted by Crippen LogP contribution is 2.36. The van der Waals surface area contributed by atoms with Crippen molar-refractivity contribution in [1.82, 2.24) is 0 Å². The molecule has 0 bridgehead atoms. The lowest BCUT2D eigenvalue weighted by molar-refractivity contribution is 1.20. The van der Waals surface area contributed by atoms with Crippen LogP contribution in [0.3, 0.4) is 0 Å². The molecule has 0 radical (unpaired) electrons. The number of para-hydroxylation sites is 1. The van der Waals surface area contributed by atoms with Gasteiger partial charge in [0, 0.05) is 4.90 Å². The van der Waals surface area contributed by atoms with Crippen molar-refractivity contribution in [2.45, 2.75) is 17.1 Å². The molecule has 0 fully saturated rings. The summed E-state index contributed by atoms with van der Waals surface area (Å²) in [5.74, 6) is 0.721. The molecule has 2 nitrogen and oxygen atoms in total. The third kappa shape index (κ3) is 1.98. The van der Waals surface area contributed by atoms with Gasteiger partial charge in [-0.3, -0.25) is 0 Å². The van der Waals surface area contributed by atoms with Gasteiger partial charge >= 0.3 is 0 Å². The van der Waals surface area contributed by atoms with Gasteiger partial charge in [-0.1, -0.05) is 12.1 Å². The average Bonchev–Trinajstić information content (AvgIpc) is 2.07. The second-order valence-electron chi connectivity index (χ2n) is 2.76. The van der Waals surface area contributed by atoms with Crippen LogP contribution in [-0.2, 0) is 0 Å². The Morgan fingerprint density at radius 1 is 1.38 bits per heavy atom. The van der Waals surface area contributed by atoms with Gasteiger partial charge in [0.15, 0.2) is 0 Å². The number of nitrogens with two attached hydrogens (primary N) is 1. The Bertz CT molecular complexity index is 338. The number of rotatable bonds is 0. The summed E-state index contributed by atoms with van der Waals surface area (Å²) in [5, 5.41) is 0.305. The predicted octanol–water partition coefficient (Wildman–Crippen LogP) is 2.59. The highest BCUT2D eigenvalue weighted by atomic mass is 35.5. The topological polar surface area (TPSA) is 38.4 Å². The molecule has 4 heteroatoms. The van der Waals surface area contributed by atoms with E-state index in [0.717, 1.165) is 11.5 Å². The van der Waals surface area contributed by atoms with E-state index in [0.29, 0.717) is 5.25 Å². The number of aliphatic imine (C=N–C) groups is 1. The predicted molar refractivity (Wildman–Crippen MR) is 60.3 cm³/mol. The average molecular weight is 215 g/mol. The fourth-order valence-corrected chi connectivity index (χ4v) is 2.08. The quantitative estimate of drug-likeness (QED) is 0.721. The fraction of sp³-hybridized carbons (Fsp3) is 0.222. The van der Waals surface area contributed by atoms with Crippen LogP contribution in [0.25, 0.3) is 0 Å². The van der Waals surface area contributed by atoms with Crippen LogP contribution in [0.2, 0.25) is 0 Å². The maximum absolute atomic E-state index is 5.72. The SMILES string of the molecule is CC1Sc2ccccc2N=C1N.Cl. The number of halogens is 1. The summed E-state index contributed by atoms with van der Waals surface area (Å²) in [7, 11) is 0. The highest BCUT2D eigenvalue weighted by Gasteiger charge is 2.16. The largest absolute Gasteiger partial charge is 0.386 e. The first-order valence-corrected chi connectivity index (χ1v) is 4.75. The highest BCUT2D eigenvalue weighted by molar-refractivity contribution is 8.00. The fourth-order valence-electron chi connectivity index (χ4n) is 1.13. The molecule has 0 aromatic heterocycles. The number of hydrogen-bond donors (Lipinski definition) is 1. The van der Waals surface area contributed by atoms with E-state index in [1.54, 1.807) is 11.8 Å². The van der Waals surface area contributed by atoms with E-state index < -0.39 is 0 Å². The molecule has 0 aliphatic carbocycles. The van der Waals surface area contributed by atoms with E-state index >= 15 is 0 Å². The molecule has 1 atom stereocenters. The zero-order chi connectivity index (χ0) is 8.55. The molecule has 0 spiro atoms. The smallest absolute Gasteiger partial charge is 0.113 e. The Morgan fingerprint density at radius 2 is 2.08 bits per heavy atom. The van der Waals surface area contributed by atoms with Crippen LogP contribution < -0.4 is 5.73 Å². The molecule has 0 saturated heterocycles. The maximum atomic E-state index is 5.72. The van der Waals surface area contributed by atoms with Gasteiger partial charge in [-0.25, -0.2) is 4.99 Å². The van der Waals surface area contributed by atoms with Crippen LogP contribution >= 0.6 is 24.2 Å². The summed E-state index contributed by atoms with van der Waals surface area (Å²) in [6.07, 6.45) is 0. The van der Waals surface area contributed by atoms with Crippen LogP contribution in [0.15, 0.2) is 34.2 Å². The lowest BCUT2D eigenvalue weighted by atomic mass is 10.3. The van der Waals surface area contributed by atoms with Gasteiger partial charge < -0.3 is 5.73 Å². The minimum absolute atomic E-state index is 0. The monoisotopic (exact) mass is 214 g/mol. The Balaban J connectivity index is 0.000000845. The zero-order valence-corrected chi connectivity index (χ0v) is 8.86.